The Labute approximate surface area is 191 Å². The summed E-state index contributed by atoms with van der Waals surface area (Å²) < 4.78 is 9.33. The summed E-state index contributed by atoms with van der Waals surface area (Å²) in [7, 11) is 0. The molecule has 2 aromatic rings. The van der Waals surface area contributed by atoms with Gasteiger partial charge in [0.1, 0.15) is 5.82 Å². The van der Waals surface area contributed by atoms with Crippen LogP contribution >= 0.6 is 23.1 Å². The number of carbonyl (C=O) groups is 2. The number of aromatic nitrogens is 2. The van der Waals surface area contributed by atoms with E-state index in [0.29, 0.717) is 19.6 Å². The van der Waals surface area contributed by atoms with Crippen molar-refractivity contribution >= 4 is 40.1 Å². The van der Waals surface area contributed by atoms with Crippen molar-refractivity contribution < 1.29 is 14.3 Å². The third-order valence-corrected chi connectivity index (χ3v) is 6.05. The number of hydrogen-bond acceptors (Lipinski definition) is 8. The lowest BCUT2D eigenvalue weighted by atomic mass is 10.1. The Morgan fingerprint density at radius 3 is 2.61 bits per heavy atom. The number of esters is 1. The van der Waals surface area contributed by atoms with Gasteiger partial charge in [0.05, 0.1) is 13.0 Å². The van der Waals surface area contributed by atoms with Gasteiger partial charge in [-0.1, -0.05) is 23.7 Å². The summed E-state index contributed by atoms with van der Waals surface area (Å²) in [5.74, 6) is 0.380. The van der Waals surface area contributed by atoms with Crippen molar-refractivity contribution in [2.24, 2.45) is 0 Å². The molecule has 0 spiro atoms. The van der Waals surface area contributed by atoms with E-state index in [4.69, 9.17) is 21.3 Å². The molecule has 1 N–H and O–H groups in total. The van der Waals surface area contributed by atoms with Gasteiger partial charge in [0.15, 0.2) is 0 Å². The summed E-state index contributed by atoms with van der Waals surface area (Å²) >= 11 is 7.38. The van der Waals surface area contributed by atoms with E-state index in [-0.39, 0.29) is 24.7 Å². The molecular weight excluding hydrogens is 438 g/mol. The van der Waals surface area contributed by atoms with Crippen LogP contribution in [0, 0.1) is 0 Å². The topological polar surface area (TPSA) is 87.7 Å². The Kier molecular flexibility index (Phi) is 9.05. The number of benzene rings is 1. The molecule has 31 heavy (non-hydrogen) atoms. The first-order valence-electron chi connectivity index (χ1n) is 10.5. The van der Waals surface area contributed by atoms with Crippen LogP contribution in [0.1, 0.15) is 31.2 Å². The number of hydrogen-bond donors (Lipinski definition) is 1. The van der Waals surface area contributed by atoms with Crippen LogP contribution in [0.15, 0.2) is 24.3 Å². The zero-order chi connectivity index (χ0) is 22.1. The van der Waals surface area contributed by atoms with Gasteiger partial charge in [-0.3, -0.25) is 14.5 Å². The molecule has 0 aliphatic carbocycles. The molecule has 1 aromatic carbocycles. The average Bonchev–Trinajstić information content (AvgIpc) is 3.23. The number of ether oxygens (including phenoxy) is 1. The van der Waals surface area contributed by atoms with Gasteiger partial charge in [-0.25, -0.2) is 4.98 Å². The largest absolute Gasteiger partial charge is 0.466 e. The van der Waals surface area contributed by atoms with Gasteiger partial charge in [0.2, 0.25) is 11.0 Å². The lowest BCUT2D eigenvalue weighted by Crippen LogP contribution is -2.48. The van der Waals surface area contributed by atoms with E-state index >= 15 is 0 Å². The normalized spacial score (nSPS) is 14.5. The first kappa shape index (κ1) is 23.4. The molecule has 1 fully saturated rings. The number of rotatable bonds is 10. The number of piperazine rings is 1. The number of amides is 1. The van der Waals surface area contributed by atoms with Crippen LogP contribution in [0.5, 0.6) is 0 Å². The minimum absolute atomic E-state index is 0.117. The number of carbonyl (C=O) groups excluding carboxylic acids is 2. The summed E-state index contributed by atoms with van der Waals surface area (Å²) in [6, 6.07) is 7.76. The fourth-order valence-electron chi connectivity index (χ4n) is 3.28. The fraction of sp³-hybridized carbons (Fsp3) is 0.524. The van der Waals surface area contributed by atoms with Crippen molar-refractivity contribution in [3.8, 4) is 0 Å². The molecule has 0 atom stereocenters. The van der Waals surface area contributed by atoms with E-state index in [0.717, 1.165) is 54.3 Å². The Bertz CT molecular complexity index is 853. The van der Waals surface area contributed by atoms with Crippen LogP contribution in [0.2, 0.25) is 5.02 Å². The monoisotopic (exact) mass is 465 g/mol. The molecule has 3 rings (SSSR count). The molecule has 0 bridgehead atoms. The maximum absolute atomic E-state index is 11.8. The van der Waals surface area contributed by atoms with Crippen molar-refractivity contribution in [3.63, 3.8) is 0 Å². The van der Waals surface area contributed by atoms with E-state index < -0.39 is 0 Å². The molecule has 1 aliphatic heterocycles. The van der Waals surface area contributed by atoms with Gasteiger partial charge in [-0.15, -0.1) is 0 Å². The molecule has 1 aromatic heterocycles. The third kappa shape index (κ3) is 7.75. The molecule has 168 valence electrons. The average molecular weight is 466 g/mol. The predicted octanol–water partition coefficient (Wildman–Crippen LogP) is 2.36. The van der Waals surface area contributed by atoms with Crippen molar-refractivity contribution in [1.29, 1.82) is 0 Å². The molecule has 1 saturated heterocycles. The van der Waals surface area contributed by atoms with Crippen LogP contribution in [0.4, 0.5) is 5.13 Å². The smallest absolute Gasteiger partial charge is 0.306 e. The van der Waals surface area contributed by atoms with Crippen LogP contribution in [-0.2, 0) is 20.7 Å². The highest BCUT2D eigenvalue weighted by atomic mass is 35.5. The van der Waals surface area contributed by atoms with Crippen LogP contribution < -0.4 is 10.2 Å². The molecule has 10 heteroatoms. The Morgan fingerprint density at radius 1 is 1.16 bits per heavy atom. The highest BCUT2D eigenvalue weighted by Crippen LogP contribution is 2.21. The number of anilines is 1. The van der Waals surface area contributed by atoms with E-state index in [1.807, 2.05) is 24.3 Å². The summed E-state index contributed by atoms with van der Waals surface area (Å²) in [5, 5.41) is 4.55. The standard InChI is InChI=1S/C21H28ClN5O3S/c1-2-30-20(29)8-7-19(28)23-9-10-26-11-13-27(14-12-26)21-24-18(25-31-21)15-16-3-5-17(22)6-4-16/h3-6H,2,7-15H2,1H3,(H,23,28). The third-order valence-electron chi connectivity index (χ3n) is 4.99. The molecule has 0 radical (unpaired) electrons. The summed E-state index contributed by atoms with van der Waals surface area (Å²) in [5.41, 5.74) is 1.14. The highest BCUT2D eigenvalue weighted by Gasteiger charge is 2.20. The Morgan fingerprint density at radius 2 is 1.90 bits per heavy atom. The minimum Gasteiger partial charge on any atom is -0.466 e. The predicted molar refractivity (Wildman–Crippen MR) is 122 cm³/mol. The van der Waals surface area contributed by atoms with Crippen LogP contribution in [-0.4, -0.2) is 72.0 Å². The van der Waals surface area contributed by atoms with Gasteiger partial charge in [0.25, 0.3) is 0 Å². The van der Waals surface area contributed by atoms with Crippen LogP contribution in [0.3, 0.4) is 0 Å². The van der Waals surface area contributed by atoms with E-state index in [9.17, 15) is 9.59 Å². The first-order chi connectivity index (χ1) is 15.0. The zero-order valence-electron chi connectivity index (χ0n) is 17.7. The van der Waals surface area contributed by atoms with Crippen molar-refractivity contribution in [2.75, 3.05) is 50.8 Å². The maximum atomic E-state index is 11.8. The Balaban J connectivity index is 1.34. The summed E-state index contributed by atoms with van der Waals surface area (Å²) in [4.78, 5) is 32.4. The SMILES string of the molecule is CCOC(=O)CCC(=O)NCCN1CCN(c2nc(Cc3ccc(Cl)cc3)ns2)CC1. The highest BCUT2D eigenvalue weighted by molar-refractivity contribution is 7.09. The van der Waals surface area contributed by atoms with E-state index in [1.165, 1.54) is 11.5 Å². The van der Waals surface area contributed by atoms with E-state index in [1.54, 1.807) is 6.92 Å². The second-order valence-corrected chi connectivity index (χ2v) is 8.45. The number of halogens is 1. The second kappa shape index (κ2) is 12.0. The number of nitrogens with one attached hydrogen (secondary N) is 1. The lowest BCUT2D eigenvalue weighted by molar-refractivity contribution is -0.144. The quantitative estimate of drug-likeness (QED) is 0.539. The summed E-state index contributed by atoms with van der Waals surface area (Å²) in [6.07, 6.45) is 0.992. The zero-order valence-corrected chi connectivity index (χ0v) is 19.3. The van der Waals surface area contributed by atoms with Crippen molar-refractivity contribution in [2.45, 2.75) is 26.2 Å². The molecule has 8 nitrogen and oxygen atoms in total. The Hall–Kier alpha value is -2.23. The molecule has 0 saturated carbocycles. The van der Waals surface area contributed by atoms with Gasteiger partial charge < -0.3 is 15.0 Å². The molecule has 0 unspecified atom stereocenters. The molecule has 2 heterocycles. The lowest BCUT2D eigenvalue weighted by Gasteiger charge is -2.34. The van der Waals surface area contributed by atoms with Gasteiger partial charge >= 0.3 is 5.97 Å². The molecular formula is C21H28ClN5O3S. The van der Waals surface area contributed by atoms with Gasteiger partial charge in [-0.2, -0.15) is 4.37 Å². The van der Waals surface area contributed by atoms with Crippen molar-refractivity contribution in [3.05, 3.63) is 40.7 Å². The minimum atomic E-state index is -0.332. The van der Waals surface area contributed by atoms with Gasteiger partial charge in [-0.05, 0) is 24.6 Å². The second-order valence-electron chi connectivity index (χ2n) is 7.28. The van der Waals surface area contributed by atoms with Crippen LogP contribution in [0.25, 0.3) is 0 Å². The molecule has 1 amide bonds. The maximum Gasteiger partial charge on any atom is 0.306 e. The molecule has 1 aliphatic rings. The van der Waals surface area contributed by atoms with Crippen molar-refractivity contribution in [1.82, 2.24) is 19.6 Å². The van der Waals surface area contributed by atoms with E-state index in [2.05, 4.69) is 19.5 Å². The summed E-state index contributed by atoms with van der Waals surface area (Å²) in [6.45, 7) is 7.03. The number of nitrogens with zero attached hydrogens (tertiary/aromatic N) is 4. The van der Waals surface area contributed by atoms with Gasteiger partial charge in [0, 0.05) is 68.7 Å². The first-order valence-corrected chi connectivity index (χ1v) is 11.6. The fourth-order valence-corrected chi connectivity index (χ4v) is 4.15.